The van der Waals surface area contributed by atoms with Crippen LogP contribution in [-0.2, 0) is 9.53 Å². The summed E-state index contributed by atoms with van der Waals surface area (Å²) in [5.74, 6) is 0.665. The molecule has 86 valence electrons. The summed E-state index contributed by atoms with van der Waals surface area (Å²) in [6.45, 7) is 1.28. The maximum absolute atomic E-state index is 11.6. The largest absolute Gasteiger partial charge is 0.377 e. The predicted octanol–water partition coefficient (Wildman–Crippen LogP) is 0.409. The molecule has 0 aromatic carbocycles. The minimum atomic E-state index is -0.325. The standard InChI is InChI=1S/C11H20N2O2/c12-10(5-8-3-1-2-4-8)11(14)13-9-6-15-7-9/h8-10H,1-7,12H2,(H,13,14)/t10-/m0/s1. The fourth-order valence-corrected chi connectivity index (χ4v) is 2.34. The molecule has 0 unspecified atom stereocenters. The first-order valence-electron chi connectivity index (χ1n) is 5.89. The van der Waals surface area contributed by atoms with Crippen molar-refractivity contribution in [2.24, 2.45) is 11.7 Å². The molecule has 1 saturated carbocycles. The van der Waals surface area contributed by atoms with Gasteiger partial charge < -0.3 is 15.8 Å². The third kappa shape index (κ3) is 2.92. The Balaban J connectivity index is 1.68. The highest BCUT2D eigenvalue weighted by molar-refractivity contribution is 5.81. The van der Waals surface area contributed by atoms with Gasteiger partial charge in [-0.1, -0.05) is 25.7 Å². The van der Waals surface area contributed by atoms with E-state index in [1.165, 1.54) is 25.7 Å². The average molecular weight is 212 g/mol. The number of carbonyl (C=O) groups excluding carboxylic acids is 1. The molecule has 1 saturated heterocycles. The molecule has 2 rings (SSSR count). The van der Waals surface area contributed by atoms with Crippen LogP contribution in [0.3, 0.4) is 0 Å². The van der Waals surface area contributed by atoms with Gasteiger partial charge in [0.05, 0.1) is 25.3 Å². The topological polar surface area (TPSA) is 64.4 Å². The highest BCUT2D eigenvalue weighted by Crippen LogP contribution is 2.28. The predicted molar refractivity (Wildman–Crippen MR) is 57.3 cm³/mol. The molecule has 0 radical (unpaired) electrons. The van der Waals surface area contributed by atoms with Crippen LogP contribution in [0.25, 0.3) is 0 Å². The van der Waals surface area contributed by atoms with Crippen LogP contribution < -0.4 is 11.1 Å². The van der Waals surface area contributed by atoms with Gasteiger partial charge in [-0.15, -0.1) is 0 Å². The lowest BCUT2D eigenvalue weighted by atomic mass is 9.98. The second-order valence-electron chi connectivity index (χ2n) is 4.74. The molecule has 0 aromatic rings. The van der Waals surface area contributed by atoms with E-state index in [0.29, 0.717) is 19.1 Å². The maximum atomic E-state index is 11.6. The maximum Gasteiger partial charge on any atom is 0.237 e. The second-order valence-corrected chi connectivity index (χ2v) is 4.74. The van der Waals surface area contributed by atoms with E-state index < -0.39 is 0 Å². The van der Waals surface area contributed by atoms with Crippen LogP contribution in [0, 0.1) is 5.92 Å². The molecule has 1 aliphatic heterocycles. The fraction of sp³-hybridized carbons (Fsp3) is 0.909. The highest BCUT2D eigenvalue weighted by atomic mass is 16.5. The van der Waals surface area contributed by atoms with Crippen LogP contribution in [0.1, 0.15) is 32.1 Å². The van der Waals surface area contributed by atoms with Gasteiger partial charge in [-0.2, -0.15) is 0 Å². The van der Waals surface area contributed by atoms with E-state index >= 15 is 0 Å². The lowest BCUT2D eigenvalue weighted by Crippen LogP contribution is -2.53. The number of carbonyl (C=O) groups is 1. The van der Waals surface area contributed by atoms with E-state index in [0.717, 1.165) is 6.42 Å². The molecule has 3 N–H and O–H groups in total. The Morgan fingerprint density at radius 3 is 2.60 bits per heavy atom. The molecule has 0 bridgehead atoms. The molecule has 2 aliphatic rings. The summed E-state index contributed by atoms with van der Waals surface area (Å²) in [6.07, 6.45) is 5.94. The van der Waals surface area contributed by atoms with Crippen molar-refractivity contribution in [3.63, 3.8) is 0 Å². The van der Waals surface area contributed by atoms with Gasteiger partial charge in [-0.3, -0.25) is 4.79 Å². The minimum absolute atomic E-state index is 0.00444. The number of nitrogens with one attached hydrogen (secondary N) is 1. The minimum Gasteiger partial charge on any atom is -0.377 e. The van der Waals surface area contributed by atoms with Crippen molar-refractivity contribution < 1.29 is 9.53 Å². The number of nitrogens with two attached hydrogens (primary N) is 1. The molecule has 1 amide bonds. The van der Waals surface area contributed by atoms with E-state index in [1.54, 1.807) is 0 Å². The van der Waals surface area contributed by atoms with Gasteiger partial charge in [0.25, 0.3) is 0 Å². The van der Waals surface area contributed by atoms with E-state index in [2.05, 4.69) is 5.32 Å². The molecule has 15 heavy (non-hydrogen) atoms. The summed E-state index contributed by atoms with van der Waals surface area (Å²) < 4.78 is 4.99. The number of hydrogen-bond acceptors (Lipinski definition) is 3. The van der Waals surface area contributed by atoms with Gasteiger partial charge in [0.15, 0.2) is 0 Å². The van der Waals surface area contributed by atoms with Gasteiger partial charge in [0, 0.05) is 0 Å². The number of hydrogen-bond donors (Lipinski definition) is 2. The quantitative estimate of drug-likeness (QED) is 0.709. The van der Waals surface area contributed by atoms with Crippen molar-refractivity contribution in [1.82, 2.24) is 5.32 Å². The van der Waals surface area contributed by atoms with E-state index in [9.17, 15) is 4.79 Å². The smallest absolute Gasteiger partial charge is 0.237 e. The monoisotopic (exact) mass is 212 g/mol. The molecule has 4 nitrogen and oxygen atoms in total. The fourth-order valence-electron chi connectivity index (χ4n) is 2.34. The first-order valence-corrected chi connectivity index (χ1v) is 5.89. The molecular weight excluding hydrogens is 192 g/mol. The van der Waals surface area contributed by atoms with Gasteiger partial charge >= 0.3 is 0 Å². The zero-order valence-electron chi connectivity index (χ0n) is 9.08. The summed E-state index contributed by atoms with van der Waals surface area (Å²) in [5.41, 5.74) is 5.87. The van der Waals surface area contributed by atoms with Crippen LogP contribution in [0.5, 0.6) is 0 Å². The van der Waals surface area contributed by atoms with E-state index in [4.69, 9.17) is 10.5 Å². The van der Waals surface area contributed by atoms with Crippen LogP contribution in [0.2, 0.25) is 0 Å². The molecule has 4 heteroatoms. The van der Waals surface area contributed by atoms with Gasteiger partial charge in [-0.05, 0) is 12.3 Å². The van der Waals surface area contributed by atoms with Crippen molar-refractivity contribution >= 4 is 5.91 Å². The van der Waals surface area contributed by atoms with Crippen LogP contribution >= 0.6 is 0 Å². The molecule has 0 spiro atoms. The third-order valence-corrected chi connectivity index (χ3v) is 3.38. The Bertz CT molecular complexity index is 223. The third-order valence-electron chi connectivity index (χ3n) is 3.38. The molecule has 1 heterocycles. The number of amides is 1. The first kappa shape index (κ1) is 10.9. The van der Waals surface area contributed by atoms with Crippen molar-refractivity contribution in [3.8, 4) is 0 Å². The van der Waals surface area contributed by atoms with E-state index in [1.807, 2.05) is 0 Å². The Morgan fingerprint density at radius 1 is 1.40 bits per heavy atom. The summed E-state index contributed by atoms with van der Waals surface area (Å²) in [4.78, 5) is 11.6. The Hall–Kier alpha value is -0.610. The zero-order chi connectivity index (χ0) is 10.7. The van der Waals surface area contributed by atoms with E-state index in [-0.39, 0.29) is 18.0 Å². The summed E-state index contributed by atoms with van der Waals surface area (Å²) in [5, 5.41) is 2.90. The summed E-state index contributed by atoms with van der Waals surface area (Å²) in [6, 6.07) is -0.124. The van der Waals surface area contributed by atoms with Crippen molar-refractivity contribution in [2.75, 3.05) is 13.2 Å². The Labute approximate surface area is 90.5 Å². The average Bonchev–Trinajstić information content (AvgIpc) is 2.63. The molecular formula is C11H20N2O2. The lowest BCUT2D eigenvalue weighted by Gasteiger charge is -2.28. The van der Waals surface area contributed by atoms with Crippen LogP contribution in [-0.4, -0.2) is 31.2 Å². The second kappa shape index (κ2) is 4.94. The summed E-state index contributed by atoms with van der Waals surface area (Å²) in [7, 11) is 0. The number of ether oxygens (including phenoxy) is 1. The van der Waals surface area contributed by atoms with Gasteiger partial charge in [-0.25, -0.2) is 0 Å². The normalized spacial score (nSPS) is 24.9. The SMILES string of the molecule is N[C@@H](CC1CCCC1)C(=O)NC1COC1. The van der Waals surface area contributed by atoms with Crippen LogP contribution in [0.15, 0.2) is 0 Å². The van der Waals surface area contributed by atoms with Crippen molar-refractivity contribution in [3.05, 3.63) is 0 Å². The molecule has 1 aliphatic carbocycles. The molecule has 2 fully saturated rings. The Kier molecular flexibility index (Phi) is 3.59. The highest BCUT2D eigenvalue weighted by Gasteiger charge is 2.26. The van der Waals surface area contributed by atoms with Crippen molar-refractivity contribution in [2.45, 2.75) is 44.2 Å². The van der Waals surface area contributed by atoms with Gasteiger partial charge in [0.2, 0.25) is 5.91 Å². The summed E-state index contributed by atoms with van der Waals surface area (Å²) >= 11 is 0. The Morgan fingerprint density at radius 2 is 2.07 bits per heavy atom. The zero-order valence-corrected chi connectivity index (χ0v) is 9.08. The van der Waals surface area contributed by atoms with Crippen LogP contribution in [0.4, 0.5) is 0 Å². The molecule has 0 aromatic heterocycles. The first-order chi connectivity index (χ1) is 7.25. The number of rotatable bonds is 4. The molecule has 1 atom stereocenters. The van der Waals surface area contributed by atoms with Gasteiger partial charge in [0.1, 0.15) is 0 Å². The lowest BCUT2D eigenvalue weighted by molar-refractivity contribution is -0.126. The van der Waals surface area contributed by atoms with Crippen molar-refractivity contribution in [1.29, 1.82) is 0 Å².